The number of carbonyl (C=O) groups is 1. The van der Waals surface area contributed by atoms with Gasteiger partial charge in [-0.1, -0.05) is 19.1 Å². The summed E-state index contributed by atoms with van der Waals surface area (Å²) < 4.78 is 0. The maximum atomic E-state index is 11.5. The van der Waals surface area contributed by atoms with Crippen molar-refractivity contribution in [3.63, 3.8) is 0 Å². The SMILES string of the molecule is CC[C@@H](C)NC(=O)Cc1ccc(N)cc1. The van der Waals surface area contributed by atoms with Crippen LogP contribution in [-0.2, 0) is 11.2 Å². The molecule has 0 bridgehead atoms. The van der Waals surface area contributed by atoms with E-state index in [1.165, 1.54) is 0 Å². The number of carbonyl (C=O) groups excluding carboxylic acids is 1. The van der Waals surface area contributed by atoms with E-state index in [1.54, 1.807) is 0 Å². The second-order valence-electron chi connectivity index (χ2n) is 3.80. The highest BCUT2D eigenvalue weighted by molar-refractivity contribution is 5.78. The van der Waals surface area contributed by atoms with Crippen molar-refractivity contribution in [3.8, 4) is 0 Å². The molecule has 0 aliphatic carbocycles. The third-order valence-corrected chi connectivity index (χ3v) is 2.36. The summed E-state index contributed by atoms with van der Waals surface area (Å²) in [5.74, 6) is 0.0640. The van der Waals surface area contributed by atoms with Crippen LogP contribution in [0, 0.1) is 0 Å². The van der Waals surface area contributed by atoms with Gasteiger partial charge in [0.15, 0.2) is 0 Å². The predicted molar refractivity (Wildman–Crippen MR) is 62.5 cm³/mol. The topological polar surface area (TPSA) is 55.1 Å². The van der Waals surface area contributed by atoms with Crippen LogP contribution in [0.3, 0.4) is 0 Å². The largest absolute Gasteiger partial charge is 0.399 e. The molecule has 0 aliphatic heterocycles. The highest BCUT2D eigenvalue weighted by atomic mass is 16.1. The molecule has 0 radical (unpaired) electrons. The summed E-state index contributed by atoms with van der Waals surface area (Å²) in [5, 5.41) is 2.92. The molecular weight excluding hydrogens is 188 g/mol. The number of hydrogen-bond donors (Lipinski definition) is 2. The fraction of sp³-hybridized carbons (Fsp3) is 0.417. The summed E-state index contributed by atoms with van der Waals surface area (Å²) in [6.45, 7) is 4.05. The van der Waals surface area contributed by atoms with Crippen molar-refractivity contribution in [2.24, 2.45) is 0 Å². The van der Waals surface area contributed by atoms with Crippen molar-refractivity contribution < 1.29 is 4.79 Å². The van der Waals surface area contributed by atoms with E-state index in [0.29, 0.717) is 6.42 Å². The fourth-order valence-corrected chi connectivity index (χ4v) is 1.25. The summed E-state index contributed by atoms with van der Waals surface area (Å²) in [7, 11) is 0. The van der Waals surface area contributed by atoms with E-state index in [9.17, 15) is 4.79 Å². The zero-order valence-corrected chi connectivity index (χ0v) is 9.29. The van der Waals surface area contributed by atoms with Gasteiger partial charge in [-0.15, -0.1) is 0 Å². The van der Waals surface area contributed by atoms with Gasteiger partial charge in [-0.05, 0) is 31.0 Å². The van der Waals surface area contributed by atoms with Gasteiger partial charge in [0, 0.05) is 11.7 Å². The Labute approximate surface area is 90.7 Å². The first-order valence-electron chi connectivity index (χ1n) is 5.25. The highest BCUT2D eigenvalue weighted by Crippen LogP contribution is 2.06. The Kier molecular flexibility index (Phi) is 4.16. The molecule has 1 atom stereocenters. The van der Waals surface area contributed by atoms with Crippen LogP contribution in [-0.4, -0.2) is 11.9 Å². The Bertz CT molecular complexity index is 319. The van der Waals surface area contributed by atoms with Gasteiger partial charge in [0.25, 0.3) is 0 Å². The lowest BCUT2D eigenvalue weighted by Crippen LogP contribution is -2.33. The van der Waals surface area contributed by atoms with Gasteiger partial charge >= 0.3 is 0 Å². The Morgan fingerprint density at radius 3 is 2.53 bits per heavy atom. The van der Waals surface area contributed by atoms with Crippen LogP contribution in [0.5, 0.6) is 0 Å². The van der Waals surface area contributed by atoms with E-state index in [4.69, 9.17) is 5.73 Å². The lowest BCUT2D eigenvalue weighted by molar-refractivity contribution is -0.121. The minimum atomic E-state index is 0.0640. The van der Waals surface area contributed by atoms with E-state index in [-0.39, 0.29) is 11.9 Å². The van der Waals surface area contributed by atoms with Crippen LogP contribution in [0.1, 0.15) is 25.8 Å². The third kappa shape index (κ3) is 4.02. The first-order valence-corrected chi connectivity index (χ1v) is 5.25. The van der Waals surface area contributed by atoms with E-state index < -0.39 is 0 Å². The Balaban J connectivity index is 2.48. The molecule has 0 saturated heterocycles. The minimum Gasteiger partial charge on any atom is -0.399 e. The second-order valence-corrected chi connectivity index (χ2v) is 3.80. The van der Waals surface area contributed by atoms with Gasteiger partial charge in [0.2, 0.25) is 5.91 Å². The number of hydrogen-bond acceptors (Lipinski definition) is 2. The number of amides is 1. The zero-order valence-electron chi connectivity index (χ0n) is 9.29. The van der Waals surface area contributed by atoms with E-state index in [1.807, 2.05) is 38.1 Å². The molecule has 0 saturated carbocycles. The van der Waals surface area contributed by atoms with Crippen LogP contribution in [0.4, 0.5) is 5.69 Å². The quantitative estimate of drug-likeness (QED) is 0.737. The van der Waals surface area contributed by atoms with Gasteiger partial charge in [0.05, 0.1) is 6.42 Å². The van der Waals surface area contributed by atoms with Crippen LogP contribution < -0.4 is 11.1 Å². The summed E-state index contributed by atoms with van der Waals surface area (Å²) in [4.78, 5) is 11.5. The number of nitrogen functional groups attached to an aromatic ring is 1. The molecule has 0 unspecified atom stereocenters. The van der Waals surface area contributed by atoms with Crippen LogP contribution in [0.2, 0.25) is 0 Å². The normalized spacial score (nSPS) is 12.1. The van der Waals surface area contributed by atoms with Gasteiger partial charge in [-0.2, -0.15) is 0 Å². The van der Waals surface area contributed by atoms with E-state index >= 15 is 0 Å². The molecule has 0 aliphatic rings. The average molecular weight is 206 g/mol. The van der Waals surface area contributed by atoms with Crippen molar-refractivity contribution in [1.29, 1.82) is 0 Å². The summed E-state index contributed by atoms with van der Waals surface area (Å²) >= 11 is 0. The summed E-state index contributed by atoms with van der Waals surface area (Å²) in [6.07, 6.45) is 1.37. The van der Waals surface area contributed by atoms with Gasteiger partial charge < -0.3 is 11.1 Å². The molecule has 0 heterocycles. The molecule has 1 aromatic rings. The third-order valence-electron chi connectivity index (χ3n) is 2.36. The number of benzene rings is 1. The van der Waals surface area contributed by atoms with Crippen LogP contribution in [0.25, 0.3) is 0 Å². The molecule has 3 heteroatoms. The predicted octanol–water partition coefficient (Wildman–Crippen LogP) is 1.73. The van der Waals surface area contributed by atoms with Gasteiger partial charge in [-0.25, -0.2) is 0 Å². The second kappa shape index (κ2) is 5.39. The van der Waals surface area contributed by atoms with E-state index in [2.05, 4.69) is 5.32 Å². The number of nitrogens with one attached hydrogen (secondary N) is 1. The highest BCUT2D eigenvalue weighted by Gasteiger charge is 2.05. The molecular formula is C12H18N2O. The van der Waals surface area contributed by atoms with Crippen molar-refractivity contribution in [3.05, 3.63) is 29.8 Å². The van der Waals surface area contributed by atoms with Crippen molar-refractivity contribution in [2.75, 3.05) is 5.73 Å². The molecule has 0 aromatic heterocycles. The maximum absolute atomic E-state index is 11.5. The molecule has 1 aromatic carbocycles. The molecule has 0 fully saturated rings. The minimum absolute atomic E-state index is 0.0640. The van der Waals surface area contributed by atoms with Crippen molar-refractivity contribution in [2.45, 2.75) is 32.7 Å². The molecule has 3 nitrogen and oxygen atoms in total. The Hall–Kier alpha value is -1.51. The van der Waals surface area contributed by atoms with Gasteiger partial charge in [0.1, 0.15) is 0 Å². The number of anilines is 1. The lowest BCUT2D eigenvalue weighted by atomic mass is 10.1. The van der Waals surface area contributed by atoms with Crippen LogP contribution >= 0.6 is 0 Å². The molecule has 0 spiro atoms. The van der Waals surface area contributed by atoms with Crippen molar-refractivity contribution in [1.82, 2.24) is 5.32 Å². The van der Waals surface area contributed by atoms with Crippen LogP contribution in [0.15, 0.2) is 24.3 Å². The summed E-state index contributed by atoms with van der Waals surface area (Å²) in [5.41, 5.74) is 7.27. The molecule has 1 rings (SSSR count). The Morgan fingerprint density at radius 2 is 2.00 bits per heavy atom. The fourth-order valence-electron chi connectivity index (χ4n) is 1.25. The van der Waals surface area contributed by atoms with E-state index in [0.717, 1.165) is 17.7 Å². The number of nitrogens with two attached hydrogens (primary N) is 1. The smallest absolute Gasteiger partial charge is 0.224 e. The average Bonchev–Trinajstić information content (AvgIpc) is 2.21. The monoisotopic (exact) mass is 206 g/mol. The van der Waals surface area contributed by atoms with Crippen molar-refractivity contribution >= 4 is 11.6 Å². The molecule has 3 N–H and O–H groups in total. The first kappa shape index (κ1) is 11.6. The first-order chi connectivity index (χ1) is 7.11. The Morgan fingerprint density at radius 1 is 1.40 bits per heavy atom. The number of rotatable bonds is 4. The molecule has 1 amide bonds. The molecule has 15 heavy (non-hydrogen) atoms. The lowest BCUT2D eigenvalue weighted by Gasteiger charge is -2.11. The molecule has 82 valence electrons. The zero-order chi connectivity index (χ0) is 11.3. The summed E-state index contributed by atoms with van der Waals surface area (Å²) in [6, 6.07) is 7.63. The van der Waals surface area contributed by atoms with Gasteiger partial charge in [-0.3, -0.25) is 4.79 Å². The maximum Gasteiger partial charge on any atom is 0.224 e. The standard InChI is InChI=1S/C12H18N2O/c1-3-9(2)14-12(15)8-10-4-6-11(13)7-5-10/h4-7,9H,3,8,13H2,1-2H3,(H,14,15)/t9-/m1/s1.